The molecule has 3 N–H and O–H groups in total. The predicted octanol–water partition coefficient (Wildman–Crippen LogP) is 3.41. The molecular formula is C25H26ClF2NO9. The minimum atomic E-state index is -2.89. The van der Waals surface area contributed by atoms with E-state index in [0.29, 0.717) is 18.6 Å². The van der Waals surface area contributed by atoms with Crippen molar-refractivity contribution in [2.24, 2.45) is 5.92 Å². The number of carbonyl (C=O) groups is 3. The largest absolute Gasteiger partial charge is 0.490 e. The fourth-order valence-electron chi connectivity index (χ4n) is 5.55. The molecule has 5 atom stereocenters. The van der Waals surface area contributed by atoms with Crippen molar-refractivity contribution in [3.63, 3.8) is 0 Å². The number of aliphatic carboxylic acids is 2. The van der Waals surface area contributed by atoms with Crippen LogP contribution >= 0.6 is 11.6 Å². The molecule has 2 saturated heterocycles. The summed E-state index contributed by atoms with van der Waals surface area (Å²) in [5, 5.41) is 28.9. The number of halogens is 3. The molecule has 2 fully saturated rings. The number of hydrogen-bond donors (Lipinski definition) is 3. The zero-order valence-corrected chi connectivity index (χ0v) is 21.0. The normalized spacial score (nSPS) is 26.5. The van der Waals surface area contributed by atoms with Gasteiger partial charge in [-0.15, -0.1) is 0 Å². The van der Waals surface area contributed by atoms with E-state index in [9.17, 15) is 33.4 Å². The maximum atomic E-state index is 14.4. The molecule has 2 aliphatic rings. The van der Waals surface area contributed by atoms with Gasteiger partial charge in [-0.25, -0.2) is 9.18 Å². The van der Waals surface area contributed by atoms with Gasteiger partial charge in [0.1, 0.15) is 5.76 Å². The Hall–Kier alpha value is -3.22. The van der Waals surface area contributed by atoms with Gasteiger partial charge in [-0.1, -0.05) is 6.07 Å². The lowest BCUT2D eigenvalue weighted by Gasteiger charge is -2.50. The average molecular weight is 558 g/mol. The molecule has 2 bridgehead atoms. The lowest BCUT2D eigenvalue weighted by molar-refractivity contribution is -0.213. The van der Waals surface area contributed by atoms with Crippen LogP contribution in [-0.2, 0) is 19.1 Å². The highest BCUT2D eigenvalue weighted by molar-refractivity contribution is 6.28. The number of ether oxygens (including phenoxy) is 2. The Labute approximate surface area is 220 Å². The van der Waals surface area contributed by atoms with Crippen molar-refractivity contribution in [1.82, 2.24) is 4.90 Å². The SMILES string of the molecule is CN1C2CCC1(OC(=O)CC(O)(CC(=O)O)C(=O)O)[C@H](COc1cccc(F)c1F)[C@@H](c1ccc(Cl)o1)C2. The van der Waals surface area contributed by atoms with Crippen LogP contribution in [0.4, 0.5) is 8.78 Å². The number of fused-ring (bicyclic) bond motifs is 2. The summed E-state index contributed by atoms with van der Waals surface area (Å²) in [7, 11) is 1.70. The first-order valence-corrected chi connectivity index (χ1v) is 12.2. The summed E-state index contributed by atoms with van der Waals surface area (Å²) in [4.78, 5) is 37.5. The molecule has 0 saturated carbocycles. The summed E-state index contributed by atoms with van der Waals surface area (Å²) in [6.07, 6.45) is -0.982. The highest BCUT2D eigenvalue weighted by Gasteiger charge is 2.60. The standard InChI is InChI=1S/C25H26ClF2NO9/c1-29-13-7-8-25(29,38-21(32)11-24(35,23(33)34)10-20(30)31)15(14(9-13)17-5-6-19(26)37-17)12-36-18-4-2-3-16(27)22(18)28/h2-6,13-15,35H,7-12H2,1H3,(H,30,31)(H,33,34)/t13?,14-,15+,24?,25?/m0/s1. The van der Waals surface area contributed by atoms with E-state index in [1.807, 2.05) is 0 Å². The number of piperidine rings is 1. The van der Waals surface area contributed by atoms with Crippen LogP contribution in [0, 0.1) is 17.6 Å². The Morgan fingerprint density at radius 1 is 1.21 bits per heavy atom. The molecule has 4 rings (SSSR count). The molecule has 3 unspecified atom stereocenters. The lowest BCUT2D eigenvalue weighted by atomic mass is 9.76. The number of rotatable bonds is 10. The van der Waals surface area contributed by atoms with E-state index in [1.54, 1.807) is 24.1 Å². The van der Waals surface area contributed by atoms with Gasteiger partial charge in [-0.2, -0.15) is 4.39 Å². The third kappa shape index (κ3) is 5.20. The zero-order valence-electron chi connectivity index (χ0n) is 20.2. The Kier molecular flexibility index (Phi) is 7.69. The van der Waals surface area contributed by atoms with Crippen molar-refractivity contribution >= 4 is 29.5 Å². The first-order chi connectivity index (χ1) is 17.9. The molecular weight excluding hydrogens is 532 g/mol. The minimum absolute atomic E-state index is 0.101. The van der Waals surface area contributed by atoms with Crippen molar-refractivity contribution in [1.29, 1.82) is 0 Å². The predicted molar refractivity (Wildman–Crippen MR) is 125 cm³/mol. The number of esters is 1. The third-order valence-corrected chi connectivity index (χ3v) is 7.64. The Bertz CT molecular complexity index is 1240. The number of carbonyl (C=O) groups excluding carboxylic acids is 1. The van der Waals surface area contributed by atoms with E-state index in [-0.39, 0.29) is 30.0 Å². The molecule has 206 valence electrons. The maximum Gasteiger partial charge on any atom is 0.336 e. The number of furan rings is 1. The molecule has 2 aromatic rings. The van der Waals surface area contributed by atoms with Crippen molar-refractivity contribution in [2.75, 3.05) is 13.7 Å². The van der Waals surface area contributed by atoms with Crippen molar-refractivity contribution in [3.05, 3.63) is 52.9 Å². The Balaban J connectivity index is 1.68. The molecule has 10 nitrogen and oxygen atoms in total. The topological polar surface area (TPSA) is 147 Å². The highest BCUT2D eigenvalue weighted by atomic mass is 35.5. The number of hydrogen-bond acceptors (Lipinski definition) is 8. The van der Waals surface area contributed by atoms with E-state index in [4.69, 9.17) is 30.6 Å². The van der Waals surface area contributed by atoms with Gasteiger partial charge in [0.2, 0.25) is 5.82 Å². The molecule has 0 amide bonds. The maximum absolute atomic E-state index is 14.4. The molecule has 1 aromatic heterocycles. The van der Waals surface area contributed by atoms with E-state index in [1.165, 1.54) is 12.1 Å². The number of aliphatic hydroxyl groups is 1. The summed E-state index contributed by atoms with van der Waals surface area (Å²) >= 11 is 6.00. The minimum Gasteiger partial charge on any atom is -0.490 e. The number of carboxylic acids is 2. The molecule has 13 heteroatoms. The Morgan fingerprint density at radius 3 is 2.58 bits per heavy atom. The summed E-state index contributed by atoms with van der Waals surface area (Å²) in [5.41, 5.74) is -4.31. The smallest absolute Gasteiger partial charge is 0.336 e. The van der Waals surface area contributed by atoms with Crippen LogP contribution in [-0.4, -0.2) is 69.1 Å². The molecule has 2 aliphatic heterocycles. The van der Waals surface area contributed by atoms with Crippen LogP contribution in [0.5, 0.6) is 5.75 Å². The first kappa shape index (κ1) is 27.8. The zero-order chi connectivity index (χ0) is 27.8. The van der Waals surface area contributed by atoms with Crippen molar-refractivity contribution in [2.45, 2.75) is 55.4 Å². The van der Waals surface area contributed by atoms with E-state index in [2.05, 4.69) is 0 Å². The summed E-state index contributed by atoms with van der Waals surface area (Å²) in [6.45, 7) is -0.258. The third-order valence-electron chi connectivity index (χ3n) is 7.43. The van der Waals surface area contributed by atoms with E-state index < -0.39 is 65.5 Å². The average Bonchev–Trinajstić information content (AvgIpc) is 3.34. The fourth-order valence-corrected chi connectivity index (χ4v) is 5.70. The second kappa shape index (κ2) is 10.5. The van der Waals surface area contributed by atoms with Crippen LogP contribution in [0.1, 0.15) is 43.8 Å². The van der Waals surface area contributed by atoms with Crippen LogP contribution in [0.25, 0.3) is 0 Å². The van der Waals surface area contributed by atoms with Crippen molar-refractivity contribution < 1.29 is 52.4 Å². The number of nitrogens with zero attached hydrogens (tertiary/aromatic N) is 1. The van der Waals surface area contributed by atoms with Gasteiger partial charge in [0.25, 0.3) is 0 Å². The monoisotopic (exact) mass is 557 g/mol. The van der Waals surface area contributed by atoms with Gasteiger partial charge >= 0.3 is 17.9 Å². The highest BCUT2D eigenvalue weighted by Crippen LogP contribution is 2.54. The van der Waals surface area contributed by atoms with Gasteiger partial charge in [0, 0.05) is 18.4 Å². The van der Waals surface area contributed by atoms with Gasteiger partial charge in [-0.05, 0) is 55.8 Å². The number of benzene rings is 1. The summed E-state index contributed by atoms with van der Waals surface area (Å²) in [6, 6.07) is 6.56. The molecule has 38 heavy (non-hydrogen) atoms. The molecule has 3 heterocycles. The summed E-state index contributed by atoms with van der Waals surface area (Å²) < 4.78 is 45.3. The van der Waals surface area contributed by atoms with Crippen LogP contribution in [0.3, 0.4) is 0 Å². The van der Waals surface area contributed by atoms with Crippen LogP contribution < -0.4 is 4.74 Å². The van der Waals surface area contributed by atoms with Gasteiger partial charge in [0.05, 0.1) is 25.4 Å². The number of carboxylic acid groups (broad SMARTS) is 2. The Morgan fingerprint density at radius 2 is 1.95 bits per heavy atom. The molecule has 0 radical (unpaired) electrons. The lowest BCUT2D eigenvalue weighted by Crippen LogP contribution is -2.60. The molecule has 1 aromatic carbocycles. The second-order valence-electron chi connectivity index (χ2n) is 9.66. The molecule has 0 aliphatic carbocycles. The van der Waals surface area contributed by atoms with E-state index >= 15 is 0 Å². The van der Waals surface area contributed by atoms with Crippen LogP contribution in [0.2, 0.25) is 5.22 Å². The first-order valence-electron chi connectivity index (χ1n) is 11.8. The second-order valence-corrected chi connectivity index (χ2v) is 10.0. The van der Waals surface area contributed by atoms with Crippen molar-refractivity contribution in [3.8, 4) is 5.75 Å². The summed E-state index contributed by atoms with van der Waals surface area (Å²) in [5.74, 6) is -8.04. The van der Waals surface area contributed by atoms with Gasteiger partial charge < -0.3 is 29.2 Å². The quantitative estimate of drug-likeness (QED) is 0.371. The van der Waals surface area contributed by atoms with Gasteiger partial charge in [-0.3, -0.25) is 14.5 Å². The van der Waals surface area contributed by atoms with Gasteiger partial charge in [0.15, 0.2) is 28.1 Å². The van der Waals surface area contributed by atoms with E-state index in [0.717, 1.165) is 6.07 Å². The molecule has 0 spiro atoms. The van der Waals surface area contributed by atoms with Crippen LogP contribution in [0.15, 0.2) is 34.7 Å². The fraction of sp³-hybridized carbons (Fsp3) is 0.480.